The Labute approximate surface area is 126 Å². The highest BCUT2D eigenvalue weighted by Crippen LogP contribution is 2.31. The number of rotatable bonds is 3. The molecule has 4 heteroatoms. The van der Waals surface area contributed by atoms with Crippen molar-refractivity contribution in [3.05, 3.63) is 29.3 Å². The van der Waals surface area contributed by atoms with Crippen molar-refractivity contribution in [2.24, 2.45) is 0 Å². The van der Waals surface area contributed by atoms with Crippen molar-refractivity contribution in [3.8, 4) is 0 Å². The molecule has 20 heavy (non-hydrogen) atoms. The molecule has 1 aliphatic rings. The van der Waals surface area contributed by atoms with E-state index >= 15 is 0 Å². The van der Waals surface area contributed by atoms with E-state index in [0.29, 0.717) is 0 Å². The minimum Gasteiger partial charge on any atom is -0.385 e. The number of hydrogen-bond donors (Lipinski definition) is 1. The molecule has 1 aliphatic heterocycles. The summed E-state index contributed by atoms with van der Waals surface area (Å²) in [6.45, 7) is 11.0. The van der Waals surface area contributed by atoms with Gasteiger partial charge in [0.2, 0.25) is 0 Å². The first-order valence-corrected chi connectivity index (χ1v) is 8.19. The van der Waals surface area contributed by atoms with Crippen LogP contribution < -0.4 is 5.32 Å². The molecule has 0 radical (unpaired) electrons. The number of thioether (sulfide) groups is 1. The molecule has 0 bridgehead atoms. The van der Waals surface area contributed by atoms with Crippen LogP contribution in [0.25, 0.3) is 0 Å². The summed E-state index contributed by atoms with van der Waals surface area (Å²) in [5.74, 6) is 1.17. The third kappa shape index (κ3) is 3.48. The lowest BCUT2D eigenvalue weighted by Crippen LogP contribution is -2.46. The van der Waals surface area contributed by atoms with Gasteiger partial charge in [-0.05, 0) is 39.8 Å². The summed E-state index contributed by atoms with van der Waals surface area (Å²) < 4.78 is 0.149. The van der Waals surface area contributed by atoms with E-state index in [1.807, 2.05) is 41.8 Å². The van der Waals surface area contributed by atoms with E-state index in [9.17, 15) is 4.79 Å². The average molecular weight is 292 g/mol. The topological polar surface area (TPSA) is 32.3 Å². The SMILES string of the molecule is CCNc1ccc(C)cc1C(=O)N1CCSC(C)(C)C1. The van der Waals surface area contributed by atoms with Gasteiger partial charge in [0.25, 0.3) is 5.91 Å². The Bertz CT molecular complexity index is 499. The van der Waals surface area contributed by atoms with E-state index in [2.05, 4.69) is 26.1 Å². The quantitative estimate of drug-likeness (QED) is 0.927. The zero-order chi connectivity index (χ0) is 14.8. The molecule has 1 amide bonds. The molecule has 0 saturated carbocycles. The number of carbonyl (C=O) groups is 1. The van der Waals surface area contributed by atoms with E-state index in [1.54, 1.807) is 0 Å². The first kappa shape index (κ1) is 15.2. The predicted molar refractivity (Wildman–Crippen MR) is 87.8 cm³/mol. The number of nitrogens with zero attached hydrogens (tertiary/aromatic N) is 1. The lowest BCUT2D eigenvalue weighted by Gasteiger charge is -2.37. The van der Waals surface area contributed by atoms with Crippen LogP contribution in [0.1, 0.15) is 36.7 Å². The van der Waals surface area contributed by atoms with Gasteiger partial charge in [-0.2, -0.15) is 11.8 Å². The van der Waals surface area contributed by atoms with Gasteiger partial charge < -0.3 is 10.2 Å². The van der Waals surface area contributed by atoms with Crippen LogP contribution in [-0.4, -0.2) is 40.9 Å². The second kappa shape index (κ2) is 6.08. The van der Waals surface area contributed by atoms with E-state index < -0.39 is 0 Å². The van der Waals surface area contributed by atoms with Crippen LogP contribution in [0.4, 0.5) is 5.69 Å². The fourth-order valence-corrected chi connectivity index (χ4v) is 3.65. The molecule has 3 nitrogen and oxygen atoms in total. The summed E-state index contributed by atoms with van der Waals surface area (Å²) in [6, 6.07) is 6.05. The lowest BCUT2D eigenvalue weighted by atomic mass is 10.1. The van der Waals surface area contributed by atoms with Crippen LogP contribution in [0.5, 0.6) is 0 Å². The second-order valence-electron chi connectivity index (χ2n) is 5.91. The number of nitrogens with one attached hydrogen (secondary N) is 1. The number of aryl methyl sites for hydroxylation is 1. The zero-order valence-corrected chi connectivity index (χ0v) is 13.6. The molecule has 0 atom stereocenters. The van der Waals surface area contributed by atoms with Gasteiger partial charge in [-0.1, -0.05) is 11.6 Å². The molecule has 1 fully saturated rings. The van der Waals surface area contributed by atoms with Crippen LogP contribution in [0, 0.1) is 6.92 Å². The first-order valence-electron chi connectivity index (χ1n) is 7.21. The van der Waals surface area contributed by atoms with Crippen molar-refractivity contribution in [1.82, 2.24) is 4.90 Å². The van der Waals surface area contributed by atoms with E-state index in [4.69, 9.17) is 0 Å². The minimum atomic E-state index is 0.149. The summed E-state index contributed by atoms with van der Waals surface area (Å²) in [5, 5.41) is 3.29. The van der Waals surface area contributed by atoms with Gasteiger partial charge in [-0.3, -0.25) is 4.79 Å². The number of hydrogen-bond acceptors (Lipinski definition) is 3. The summed E-state index contributed by atoms with van der Waals surface area (Å²) >= 11 is 1.94. The number of amides is 1. The van der Waals surface area contributed by atoms with Crippen LogP contribution in [-0.2, 0) is 0 Å². The molecule has 0 aromatic heterocycles. The predicted octanol–water partition coefficient (Wildman–Crippen LogP) is 3.39. The number of anilines is 1. The third-order valence-electron chi connectivity index (χ3n) is 3.49. The molecule has 0 spiro atoms. The smallest absolute Gasteiger partial charge is 0.256 e. The van der Waals surface area contributed by atoms with Crippen LogP contribution >= 0.6 is 11.8 Å². The molecule has 110 valence electrons. The third-order valence-corrected chi connectivity index (χ3v) is 4.78. The van der Waals surface area contributed by atoms with Crippen LogP contribution in [0.3, 0.4) is 0 Å². The maximum atomic E-state index is 12.8. The van der Waals surface area contributed by atoms with Crippen molar-refractivity contribution in [1.29, 1.82) is 0 Å². The summed E-state index contributed by atoms with van der Waals surface area (Å²) in [4.78, 5) is 14.8. The van der Waals surface area contributed by atoms with E-state index in [1.165, 1.54) is 0 Å². The minimum absolute atomic E-state index is 0.149. The Morgan fingerprint density at radius 1 is 1.45 bits per heavy atom. The van der Waals surface area contributed by atoms with Crippen molar-refractivity contribution in [2.75, 3.05) is 30.7 Å². The molecule has 1 saturated heterocycles. The highest BCUT2D eigenvalue weighted by Gasteiger charge is 2.30. The maximum Gasteiger partial charge on any atom is 0.256 e. The standard InChI is InChI=1S/C16H24N2OS/c1-5-17-14-7-6-12(2)10-13(14)15(19)18-8-9-20-16(3,4)11-18/h6-7,10,17H,5,8-9,11H2,1-4H3. The van der Waals surface area contributed by atoms with Gasteiger partial charge in [0, 0.05) is 35.8 Å². The highest BCUT2D eigenvalue weighted by atomic mass is 32.2. The van der Waals surface area contributed by atoms with Gasteiger partial charge in [0.1, 0.15) is 0 Å². The Morgan fingerprint density at radius 2 is 2.20 bits per heavy atom. The van der Waals surface area contributed by atoms with Gasteiger partial charge in [-0.15, -0.1) is 0 Å². The Hall–Kier alpha value is -1.16. The Balaban J connectivity index is 2.26. The molecular formula is C16H24N2OS. The highest BCUT2D eigenvalue weighted by molar-refractivity contribution is 8.00. The maximum absolute atomic E-state index is 12.8. The van der Waals surface area contributed by atoms with Gasteiger partial charge >= 0.3 is 0 Å². The normalized spacial score (nSPS) is 17.9. The first-order chi connectivity index (χ1) is 9.43. The van der Waals surface area contributed by atoms with Crippen molar-refractivity contribution in [2.45, 2.75) is 32.4 Å². The molecule has 1 heterocycles. The monoisotopic (exact) mass is 292 g/mol. The number of benzene rings is 1. The lowest BCUT2D eigenvalue weighted by molar-refractivity contribution is 0.0749. The fourth-order valence-electron chi connectivity index (χ4n) is 2.54. The van der Waals surface area contributed by atoms with Crippen molar-refractivity contribution in [3.63, 3.8) is 0 Å². The zero-order valence-electron chi connectivity index (χ0n) is 12.8. The van der Waals surface area contributed by atoms with Gasteiger partial charge in [-0.25, -0.2) is 0 Å². The molecule has 2 rings (SSSR count). The van der Waals surface area contributed by atoms with Crippen molar-refractivity contribution < 1.29 is 4.79 Å². The molecule has 0 aliphatic carbocycles. The van der Waals surface area contributed by atoms with Crippen LogP contribution in [0.2, 0.25) is 0 Å². The Kier molecular flexibility index (Phi) is 4.63. The largest absolute Gasteiger partial charge is 0.385 e. The molecule has 0 unspecified atom stereocenters. The Morgan fingerprint density at radius 3 is 2.85 bits per heavy atom. The molecule has 1 aromatic rings. The van der Waals surface area contributed by atoms with Crippen LogP contribution in [0.15, 0.2) is 18.2 Å². The van der Waals surface area contributed by atoms with Gasteiger partial charge in [0.05, 0.1) is 5.56 Å². The number of carbonyl (C=O) groups excluding carboxylic acids is 1. The summed E-state index contributed by atoms with van der Waals surface area (Å²) in [7, 11) is 0. The van der Waals surface area contributed by atoms with E-state index in [-0.39, 0.29) is 10.7 Å². The molecule has 1 N–H and O–H groups in total. The second-order valence-corrected chi connectivity index (χ2v) is 7.72. The summed E-state index contributed by atoms with van der Waals surface area (Å²) in [5.41, 5.74) is 2.87. The van der Waals surface area contributed by atoms with Gasteiger partial charge in [0.15, 0.2) is 0 Å². The summed E-state index contributed by atoms with van der Waals surface area (Å²) in [6.07, 6.45) is 0. The van der Waals surface area contributed by atoms with E-state index in [0.717, 1.165) is 42.2 Å². The fraction of sp³-hybridized carbons (Fsp3) is 0.562. The molecular weight excluding hydrogens is 268 g/mol. The average Bonchev–Trinajstić information content (AvgIpc) is 2.39. The van der Waals surface area contributed by atoms with Crippen molar-refractivity contribution >= 4 is 23.4 Å². The molecule has 1 aromatic carbocycles.